The van der Waals surface area contributed by atoms with Crippen molar-refractivity contribution in [1.82, 2.24) is 0 Å². The first-order valence-corrected chi connectivity index (χ1v) is 6.81. The van der Waals surface area contributed by atoms with E-state index in [-0.39, 0.29) is 0 Å². The summed E-state index contributed by atoms with van der Waals surface area (Å²) in [5.41, 5.74) is 0. The van der Waals surface area contributed by atoms with Gasteiger partial charge in [-0.25, -0.2) is 0 Å². The Labute approximate surface area is 105 Å². The van der Waals surface area contributed by atoms with E-state index in [2.05, 4.69) is 20.4 Å². The second kappa shape index (κ2) is 8.47. The summed E-state index contributed by atoms with van der Waals surface area (Å²) in [7, 11) is 0. The van der Waals surface area contributed by atoms with Crippen LogP contribution in [0.1, 0.15) is 58.8 Å². The molecular formula is C13H24Cl2. The van der Waals surface area contributed by atoms with Crippen molar-refractivity contribution in [3.63, 3.8) is 0 Å². The second-order valence-electron chi connectivity index (χ2n) is 4.34. The third kappa shape index (κ3) is 7.25. The fraction of sp³-hybridized carbons (Fsp3) is 0.846. The Morgan fingerprint density at radius 2 is 1.67 bits per heavy atom. The minimum Gasteiger partial charge on any atom is -0.100 e. The van der Waals surface area contributed by atoms with E-state index in [1.807, 2.05) is 0 Å². The maximum Gasteiger partial charge on any atom is 0.138 e. The van der Waals surface area contributed by atoms with Gasteiger partial charge in [-0.15, -0.1) is 6.58 Å². The van der Waals surface area contributed by atoms with Crippen LogP contribution >= 0.6 is 23.2 Å². The van der Waals surface area contributed by atoms with Gasteiger partial charge in [0, 0.05) is 0 Å². The number of unbranched alkanes of at least 4 members (excludes halogenated alkanes) is 5. The molecule has 0 radical (unpaired) electrons. The molecule has 1 unspecified atom stereocenters. The van der Waals surface area contributed by atoms with Crippen molar-refractivity contribution in [2.45, 2.75) is 63.1 Å². The van der Waals surface area contributed by atoms with E-state index in [0.717, 1.165) is 6.42 Å². The molecule has 0 amide bonds. The molecular weight excluding hydrogens is 227 g/mol. The molecule has 0 aliphatic heterocycles. The molecule has 0 saturated carbocycles. The molecule has 0 saturated heterocycles. The minimum atomic E-state index is -0.747. The Kier molecular flexibility index (Phi) is 8.65. The van der Waals surface area contributed by atoms with Gasteiger partial charge in [0.15, 0.2) is 0 Å². The van der Waals surface area contributed by atoms with Gasteiger partial charge in [0.2, 0.25) is 0 Å². The Bertz CT molecular complexity index is 164. The van der Waals surface area contributed by atoms with Crippen LogP contribution in [0.15, 0.2) is 12.7 Å². The minimum absolute atomic E-state index is 0.296. The lowest BCUT2D eigenvalue weighted by Gasteiger charge is -2.23. The monoisotopic (exact) mass is 250 g/mol. The Morgan fingerprint density at radius 3 is 2.20 bits per heavy atom. The molecule has 1 atom stereocenters. The maximum atomic E-state index is 6.08. The van der Waals surface area contributed by atoms with E-state index in [4.69, 9.17) is 23.2 Å². The van der Waals surface area contributed by atoms with Crippen molar-refractivity contribution in [2.75, 3.05) is 0 Å². The SMILES string of the molecule is C=CC(Cl)(Cl)C(C)CCCCCCCC. The Hall–Kier alpha value is 0.320. The summed E-state index contributed by atoms with van der Waals surface area (Å²) in [6.07, 6.45) is 10.6. The second-order valence-corrected chi connectivity index (χ2v) is 5.78. The van der Waals surface area contributed by atoms with E-state index in [1.165, 1.54) is 38.5 Å². The van der Waals surface area contributed by atoms with E-state index in [1.54, 1.807) is 6.08 Å². The van der Waals surface area contributed by atoms with Gasteiger partial charge in [-0.05, 0) is 12.3 Å². The number of alkyl halides is 2. The van der Waals surface area contributed by atoms with Gasteiger partial charge in [0.25, 0.3) is 0 Å². The van der Waals surface area contributed by atoms with Crippen molar-refractivity contribution >= 4 is 23.2 Å². The van der Waals surface area contributed by atoms with Gasteiger partial charge in [0.05, 0.1) is 0 Å². The summed E-state index contributed by atoms with van der Waals surface area (Å²) < 4.78 is -0.747. The number of rotatable bonds is 9. The van der Waals surface area contributed by atoms with Crippen molar-refractivity contribution in [3.05, 3.63) is 12.7 Å². The first-order chi connectivity index (χ1) is 7.04. The first kappa shape index (κ1) is 15.3. The fourth-order valence-electron chi connectivity index (χ4n) is 1.62. The van der Waals surface area contributed by atoms with Gasteiger partial charge in [0.1, 0.15) is 4.33 Å². The summed E-state index contributed by atoms with van der Waals surface area (Å²) in [6, 6.07) is 0. The third-order valence-corrected chi connectivity index (χ3v) is 3.97. The lowest BCUT2D eigenvalue weighted by molar-refractivity contribution is 0.472. The highest BCUT2D eigenvalue weighted by Crippen LogP contribution is 2.34. The molecule has 0 aromatic carbocycles. The van der Waals surface area contributed by atoms with Gasteiger partial charge in [-0.3, -0.25) is 0 Å². The van der Waals surface area contributed by atoms with Crippen LogP contribution in [0.5, 0.6) is 0 Å². The van der Waals surface area contributed by atoms with Crippen LogP contribution in [0.2, 0.25) is 0 Å². The topological polar surface area (TPSA) is 0 Å². The molecule has 0 heterocycles. The molecule has 2 heteroatoms. The molecule has 0 N–H and O–H groups in total. The van der Waals surface area contributed by atoms with E-state index >= 15 is 0 Å². The first-order valence-electron chi connectivity index (χ1n) is 6.06. The molecule has 0 aromatic rings. The van der Waals surface area contributed by atoms with Gasteiger partial charge in [-0.1, -0.05) is 81.7 Å². The molecule has 90 valence electrons. The average molecular weight is 251 g/mol. The molecule has 0 nitrogen and oxygen atoms in total. The van der Waals surface area contributed by atoms with Crippen LogP contribution in [0.3, 0.4) is 0 Å². The third-order valence-electron chi connectivity index (χ3n) is 2.92. The van der Waals surface area contributed by atoms with Crippen LogP contribution in [0.25, 0.3) is 0 Å². The summed E-state index contributed by atoms with van der Waals surface area (Å²) in [5.74, 6) is 0.296. The van der Waals surface area contributed by atoms with Gasteiger partial charge >= 0.3 is 0 Å². The van der Waals surface area contributed by atoms with Crippen LogP contribution in [0.4, 0.5) is 0 Å². The molecule has 0 aliphatic rings. The Balaban J connectivity index is 3.47. The smallest absolute Gasteiger partial charge is 0.100 e. The highest BCUT2D eigenvalue weighted by atomic mass is 35.5. The Morgan fingerprint density at radius 1 is 1.13 bits per heavy atom. The zero-order chi connectivity index (χ0) is 11.7. The molecule has 15 heavy (non-hydrogen) atoms. The summed E-state index contributed by atoms with van der Waals surface area (Å²) >= 11 is 12.2. The van der Waals surface area contributed by atoms with Crippen LogP contribution < -0.4 is 0 Å². The number of hydrogen-bond acceptors (Lipinski definition) is 0. The molecule has 0 rings (SSSR count). The van der Waals surface area contributed by atoms with Gasteiger partial charge in [-0.2, -0.15) is 0 Å². The van der Waals surface area contributed by atoms with Crippen molar-refractivity contribution in [3.8, 4) is 0 Å². The quantitative estimate of drug-likeness (QED) is 0.279. The predicted molar refractivity (Wildman–Crippen MR) is 71.8 cm³/mol. The lowest BCUT2D eigenvalue weighted by atomic mass is 9.98. The molecule has 0 aromatic heterocycles. The normalized spacial score (nSPS) is 13.9. The lowest BCUT2D eigenvalue weighted by Crippen LogP contribution is -2.19. The largest absolute Gasteiger partial charge is 0.138 e. The van der Waals surface area contributed by atoms with Crippen LogP contribution in [0, 0.1) is 5.92 Å². The van der Waals surface area contributed by atoms with Crippen LogP contribution in [-0.2, 0) is 0 Å². The highest BCUT2D eigenvalue weighted by Gasteiger charge is 2.26. The van der Waals surface area contributed by atoms with Crippen molar-refractivity contribution in [1.29, 1.82) is 0 Å². The number of hydrogen-bond donors (Lipinski definition) is 0. The molecule has 0 bridgehead atoms. The molecule has 0 spiro atoms. The summed E-state index contributed by atoms with van der Waals surface area (Å²) in [6.45, 7) is 7.99. The summed E-state index contributed by atoms with van der Waals surface area (Å²) in [4.78, 5) is 0. The summed E-state index contributed by atoms with van der Waals surface area (Å²) in [5, 5.41) is 0. The molecule has 0 aliphatic carbocycles. The van der Waals surface area contributed by atoms with Crippen LogP contribution in [-0.4, -0.2) is 4.33 Å². The van der Waals surface area contributed by atoms with Crippen molar-refractivity contribution < 1.29 is 0 Å². The van der Waals surface area contributed by atoms with Gasteiger partial charge < -0.3 is 0 Å². The van der Waals surface area contributed by atoms with Crippen molar-refractivity contribution in [2.24, 2.45) is 5.92 Å². The van der Waals surface area contributed by atoms with E-state index in [0.29, 0.717) is 5.92 Å². The zero-order valence-electron chi connectivity index (χ0n) is 10.1. The maximum absolute atomic E-state index is 6.08. The molecule has 0 fully saturated rings. The van der Waals surface area contributed by atoms with E-state index < -0.39 is 4.33 Å². The fourth-order valence-corrected chi connectivity index (χ4v) is 1.84. The standard InChI is InChI=1S/C13H24Cl2/c1-4-6-7-8-9-10-11-12(3)13(14,15)5-2/h5,12H,2,4,6-11H2,1,3H3. The van der Waals surface area contributed by atoms with E-state index in [9.17, 15) is 0 Å². The number of halogens is 2. The zero-order valence-corrected chi connectivity index (χ0v) is 11.6. The predicted octanol–water partition coefficient (Wildman–Crippen LogP) is 5.73. The average Bonchev–Trinajstić information content (AvgIpc) is 2.22. The number of allylic oxidation sites excluding steroid dienone is 1. The highest BCUT2D eigenvalue weighted by molar-refractivity contribution is 6.50.